The van der Waals surface area contributed by atoms with E-state index in [4.69, 9.17) is 0 Å². The Morgan fingerprint density at radius 2 is 2.20 bits per heavy atom. The third-order valence-corrected chi connectivity index (χ3v) is 2.95. The Labute approximate surface area is 87.7 Å². The molecule has 0 amide bonds. The number of Topliss-reactive ketones (excluding diaryl/α,β-unsaturated/α-hetero) is 1. The molecule has 0 atom stereocenters. The average Bonchev–Trinajstić information content (AvgIpc) is 2.56. The van der Waals surface area contributed by atoms with E-state index in [0.29, 0.717) is 6.42 Å². The van der Waals surface area contributed by atoms with Gasteiger partial charge in [-0.05, 0) is 31.4 Å². The molecule has 76 valence electrons. The van der Waals surface area contributed by atoms with E-state index in [1.54, 1.807) is 0 Å². The Balaban J connectivity index is 2.36. The van der Waals surface area contributed by atoms with Crippen LogP contribution in [0.25, 0.3) is 5.52 Å². The second kappa shape index (κ2) is 2.92. The normalized spacial score (nSPS) is 15.7. The van der Waals surface area contributed by atoms with Crippen LogP contribution in [0.5, 0.6) is 0 Å². The Kier molecular flexibility index (Phi) is 1.69. The third kappa shape index (κ3) is 1.19. The van der Waals surface area contributed by atoms with Gasteiger partial charge in [0.15, 0.2) is 5.78 Å². The molecular weight excluding hydrogens is 188 g/mol. The summed E-state index contributed by atoms with van der Waals surface area (Å²) in [6, 6.07) is 4.02. The standard InChI is InChI=1S/C12H12N2O/c1-8-5-6-10-12-9(13-14(10)7-8)3-2-4-11(12)15/h5-7H,2-4H2,1H3. The maximum absolute atomic E-state index is 11.8. The summed E-state index contributed by atoms with van der Waals surface area (Å²) in [6.07, 6.45) is 4.51. The van der Waals surface area contributed by atoms with Crippen LogP contribution in [-0.4, -0.2) is 15.4 Å². The minimum absolute atomic E-state index is 0.245. The van der Waals surface area contributed by atoms with Gasteiger partial charge >= 0.3 is 0 Å². The highest BCUT2D eigenvalue weighted by Crippen LogP contribution is 2.24. The number of aryl methyl sites for hydroxylation is 2. The van der Waals surface area contributed by atoms with E-state index in [-0.39, 0.29) is 5.78 Å². The number of rotatable bonds is 0. The number of hydrogen-bond donors (Lipinski definition) is 0. The van der Waals surface area contributed by atoms with Gasteiger partial charge in [-0.3, -0.25) is 4.79 Å². The number of fused-ring (bicyclic) bond motifs is 3. The molecule has 0 N–H and O–H groups in total. The van der Waals surface area contributed by atoms with Gasteiger partial charge in [0.25, 0.3) is 0 Å². The highest BCUT2D eigenvalue weighted by atomic mass is 16.1. The molecule has 1 aliphatic rings. The zero-order chi connectivity index (χ0) is 10.4. The summed E-state index contributed by atoms with van der Waals surface area (Å²) in [7, 11) is 0. The first-order valence-corrected chi connectivity index (χ1v) is 5.27. The van der Waals surface area contributed by atoms with Crippen LogP contribution in [0.4, 0.5) is 0 Å². The van der Waals surface area contributed by atoms with Gasteiger partial charge in [-0.15, -0.1) is 0 Å². The van der Waals surface area contributed by atoms with Gasteiger partial charge < -0.3 is 0 Å². The fourth-order valence-corrected chi connectivity index (χ4v) is 2.22. The summed E-state index contributed by atoms with van der Waals surface area (Å²) in [5.74, 6) is 0.245. The first-order valence-electron chi connectivity index (χ1n) is 5.27. The van der Waals surface area contributed by atoms with Crippen LogP contribution in [0.3, 0.4) is 0 Å². The molecule has 3 rings (SSSR count). The first-order chi connectivity index (χ1) is 7.25. The van der Waals surface area contributed by atoms with Crippen molar-refractivity contribution in [3.63, 3.8) is 0 Å². The van der Waals surface area contributed by atoms with Crippen molar-refractivity contribution in [2.24, 2.45) is 0 Å². The molecule has 3 nitrogen and oxygen atoms in total. The second-order valence-corrected chi connectivity index (χ2v) is 4.13. The molecule has 3 heteroatoms. The predicted octanol–water partition coefficient (Wildman–Crippen LogP) is 2.16. The molecule has 0 spiro atoms. The number of ketones is 1. The molecule has 0 saturated carbocycles. The lowest BCUT2D eigenvalue weighted by molar-refractivity contribution is 0.0974. The molecule has 1 aliphatic carbocycles. The van der Waals surface area contributed by atoms with Gasteiger partial charge in [0.1, 0.15) is 0 Å². The van der Waals surface area contributed by atoms with Gasteiger partial charge in [-0.2, -0.15) is 5.10 Å². The lowest BCUT2D eigenvalue weighted by Gasteiger charge is -2.07. The van der Waals surface area contributed by atoms with Crippen molar-refractivity contribution < 1.29 is 4.79 Å². The van der Waals surface area contributed by atoms with Crippen LogP contribution >= 0.6 is 0 Å². The van der Waals surface area contributed by atoms with Crippen molar-refractivity contribution in [1.82, 2.24) is 9.61 Å². The van der Waals surface area contributed by atoms with Crippen LogP contribution in [-0.2, 0) is 6.42 Å². The second-order valence-electron chi connectivity index (χ2n) is 4.13. The molecule has 2 aromatic rings. The van der Waals surface area contributed by atoms with Crippen molar-refractivity contribution in [2.45, 2.75) is 26.2 Å². The number of nitrogens with zero attached hydrogens (tertiary/aromatic N) is 2. The van der Waals surface area contributed by atoms with E-state index >= 15 is 0 Å². The Morgan fingerprint density at radius 1 is 1.33 bits per heavy atom. The molecule has 15 heavy (non-hydrogen) atoms. The van der Waals surface area contributed by atoms with E-state index in [9.17, 15) is 4.79 Å². The zero-order valence-corrected chi connectivity index (χ0v) is 8.66. The smallest absolute Gasteiger partial charge is 0.166 e. The zero-order valence-electron chi connectivity index (χ0n) is 8.66. The lowest BCUT2D eigenvalue weighted by Crippen LogP contribution is -2.08. The van der Waals surface area contributed by atoms with Gasteiger partial charge in [-0.25, -0.2) is 4.52 Å². The maximum atomic E-state index is 11.8. The molecule has 0 aromatic carbocycles. The molecule has 0 bridgehead atoms. The predicted molar refractivity (Wildman–Crippen MR) is 57.2 cm³/mol. The van der Waals surface area contributed by atoms with Crippen molar-refractivity contribution >= 4 is 11.3 Å². The van der Waals surface area contributed by atoms with Gasteiger partial charge in [0.2, 0.25) is 0 Å². The molecule has 0 aliphatic heterocycles. The maximum Gasteiger partial charge on any atom is 0.166 e. The van der Waals surface area contributed by atoms with Gasteiger partial charge in [0, 0.05) is 12.6 Å². The lowest BCUT2D eigenvalue weighted by atomic mass is 9.95. The van der Waals surface area contributed by atoms with E-state index in [2.05, 4.69) is 5.10 Å². The summed E-state index contributed by atoms with van der Waals surface area (Å²) in [4.78, 5) is 11.8. The molecule has 0 unspecified atom stereocenters. The topological polar surface area (TPSA) is 34.4 Å². The molecule has 0 saturated heterocycles. The Bertz CT molecular complexity index is 554. The molecular formula is C12H12N2O. The van der Waals surface area contributed by atoms with Crippen molar-refractivity contribution in [2.75, 3.05) is 0 Å². The summed E-state index contributed by atoms with van der Waals surface area (Å²) in [5.41, 5.74) is 3.94. The van der Waals surface area contributed by atoms with Crippen LogP contribution in [0.15, 0.2) is 18.3 Å². The number of hydrogen-bond acceptors (Lipinski definition) is 2. The first kappa shape index (κ1) is 8.65. The molecule has 2 heterocycles. The average molecular weight is 200 g/mol. The number of aromatic nitrogens is 2. The number of carbonyl (C=O) groups is 1. The van der Waals surface area contributed by atoms with E-state index < -0.39 is 0 Å². The van der Waals surface area contributed by atoms with Crippen LogP contribution in [0.2, 0.25) is 0 Å². The van der Waals surface area contributed by atoms with Crippen LogP contribution in [0.1, 0.15) is 34.5 Å². The summed E-state index contributed by atoms with van der Waals surface area (Å²) in [6.45, 7) is 2.03. The highest BCUT2D eigenvalue weighted by molar-refractivity contribution is 6.04. The third-order valence-electron chi connectivity index (χ3n) is 2.95. The molecule has 0 fully saturated rings. The van der Waals surface area contributed by atoms with Crippen molar-refractivity contribution in [3.8, 4) is 0 Å². The summed E-state index contributed by atoms with van der Waals surface area (Å²) in [5, 5.41) is 4.46. The van der Waals surface area contributed by atoms with Crippen molar-refractivity contribution in [1.29, 1.82) is 0 Å². The molecule has 0 radical (unpaired) electrons. The van der Waals surface area contributed by atoms with Crippen LogP contribution < -0.4 is 0 Å². The van der Waals surface area contributed by atoms with Crippen LogP contribution in [0, 0.1) is 6.92 Å². The summed E-state index contributed by atoms with van der Waals surface area (Å²) < 4.78 is 1.84. The largest absolute Gasteiger partial charge is 0.294 e. The highest BCUT2D eigenvalue weighted by Gasteiger charge is 2.22. The minimum Gasteiger partial charge on any atom is -0.294 e. The summed E-state index contributed by atoms with van der Waals surface area (Å²) >= 11 is 0. The van der Waals surface area contributed by atoms with E-state index in [1.165, 1.54) is 0 Å². The Hall–Kier alpha value is -1.64. The fraction of sp³-hybridized carbons (Fsp3) is 0.333. The van der Waals surface area contributed by atoms with E-state index in [0.717, 1.165) is 35.2 Å². The quantitative estimate of drug-likeness (QED) is 0.653. The Morgan fingerprint density at radius 3 is 3.07 bits per heavy atom. The number of carbonyl (C=O) groups excluding carboxylic acids is 1. The molecule has 2 aromatic heterocycles. The minimum atomic E-state index is 0.245. The fourth-order valence-electron chi connectivity index (χ4n) is 2.22. The van der Waals surface area contributed by atoms with Crippen molar-refractivity contribution in [3.05, 3.63) is 35.2 Å². The van der Waals surface area contributed by atoms with E-state index in [1.807, 2.05) is 29.8 Å². The number of pyridine rings is 1. The van der Waals surface area contributed by atoms with Gasteiger partial charge in [0.05, 0.1) is 16.8 Å². The monoisotopic (exact) mass is 200 g/mol. The van der Waals surface area contributed by atoms with Gasteiger partial charge in [-0.1, -0.05) is 6.07 Å². The SMILES string of the molecule is Cc1ccc2c3c(nn2c1)CCCC3=O.